The molecule has 68 valence electrons. The average molecular weight is 180 g/mol. The highest BCUT2D eigenvalue weighted by Crippen LogP contribution is 2.38. The average Bonchev–Trinajstić information content (AvgIpc) is 2.79. The molecule has 0 aromatic heterocycles. The maximum Gasteiger partial charge on any atom is -0.0146 e. The summed E-state index contributed by atoms with van der Waals surface area (Å²) in [5.74, 6) is 0. The van der Waals surface area contributed by atoms with Gasteiger partial charge in [0.1, 0.15) is 0 Å². The number of hydrogen-bond donors (Lipinski definition) is 0. The first-order valence-electron chi connectivity index (χ1n) is 5.12. The summed E-state index contributed by atoms with van der Waals surface area (Å²) in [6, 6.07) is 10.7. The monoisotopic (exact) mass is 180 g/mol. The Morgan fingerprint density at radius 1 is 0.929 bits per heavy atom. The highest BCUT2D eigenvalue weighted by molar-refractivity contribution is 5.85. The second-order valence-electron chi connectivity index (χ2n) is 3.79. The molecule has 1 aromatic rings. The lowest BCUT2D eigenvalue weighted by Crippen LogP contribution is -1.83. The molecular formula is C14H12. The number of benzene rings is 1. The van der Waals surface area contributed by atoms with Crippen molar-refractivity contribution in [1.82, 2.24) is 0 Å². The molecule has 0 saturated heterocycles. The number of rotatable bonds is 1. The second kappa shape index (κ2) is 2.98. The first-order valence-corrected chi connectivity index (χ1v) is 5.12. The van der Waals surface area contributed by atoms with Crippen molar-refractivity contribution in [1.29, 1.82) is 0 Å². The molecule has 0 heteroatoms. The summed E-state index contributed by atoms with van der Waals surface area (Å²) in [4.78, 5) is 0. The molecule has 0 nitrogen and oxygen atoms in total. The van der Waals surface area contributed by atoms with Crippen LogP contribution in [0.4, 0.5) is 0 Å². The zero-order chi connectivity index (χ0) is 9.38. The van der Waals surface area contributed by atoms with E-state index in [1.165, 1.54) is 35.1 Å². The van der Waals surface area contributed by atoms with Gasteiger partial charge in [-0.25, -0.2) is 0 Å². The fraction of sp³-hybridized carbons (Fsp3) is 0.143. The highest BCUT2D eigenvalue weighted by atomic mass is 14.2. The molecule has 0 unspecified atom stereocenters. The maximum absolute atomic E-state index is 2.34. The third-order valence-corrected chi connectivity index (χ3v) is 2.95. The zero-order valence-electron chi connectivity index (χ0n) is 8.03. The van der Waals surface area contributed by atoms with Crippen molar-refractivity contribution in [3.63, 3.8) is 0 Å². The first kappa shape index (κ1) is 7.81. The number of fused-ring (bicyclic) bond motifs is 1. The second-order valence-corrected chi connectivity index (χ2v) is 3.79. The minimum atomic E-state index is 1.21. The fourth-order valence-corrected chi connectivity index (χ4v) is 2.26. The molecular weight excluding hydrogens is 168 g/mol. The van der Waals surface area contributed by atoms with Gasteiger partial charge < -0.3 is 0 Å². The van der Waals surface area contributed by atoms with Crippen LogP contribution in [-0.4, -0.2) is 0 Å². The van der Waals surface area contributed by atoms with E-state index in [0.717, 1.165) is 0 Å². The van der Waals surface area contributed by atoms with Gasteiger partial charge in [-0.05, 0) is 35.1 Å². The normalized spacial score (nSPS) is 18.7. The lowest BCUT2D eigenvalue weighted by Gasteiger charge is -2.03. The van der Waals surface area contributed by atoms with Crippen LogP contribution in [0.25, 0.3) is 5.57 Å². The molecule has 0 aliphatic heterocycles. The van der Waals surface area contributed by atoms with Crippen molar-refractivity contribution in [2.75, 3.05) is 0 Å². The van der Waals surface area contributed by atoms with Gasteiger partial charge in [0.25, 0.3) is 0 Å². The van der Waals surface area contributed by atoms with Crippen LogP contribution in [0.15, 0.2) is 59.7 Å². The molecule has 2 aliphatic rings. The van der Waals surface area contributed by atoms with Crippen molar-refractivity contribution in [3.8, 4) is 0 Å². The van der Waals surface area contributed by atoms with Crippen molar-refractivity contribution in [2.45, 2.75) is 12.8 Å². The molecule has 0 spiro atoms. The van der Waals surface area contributed by atoms with E-state index in [-0.39, 0.29) is 0 Å². The third-order valence-electron chi connectivity index (χ3n) is 2.95. The Labute approximate surface area is 84.3 Å². The topological polar surface area (TPSA) is 0 Å². The maximum atomic E-state index is 2.34. The summed E-state index contributed by atoms with van der Waals surface area (Å²) >= 11 is 0. The summed E-state index contributed by atoms with van der Waals surface area (Å²) < 4.78 is 0. The molecule has 1 aromatic carbocycles. The predicted molar refractivity (Wildman–Crippen MR) is 59.8 cm³/mol. The molecule has 3 rings (SSSR count). The summed E-state index contributed by atoms with van der Waals surface area (Å²) in [6.07, 6.45) is 9.25. The molecule has 0 heterocycles. The van der Waals surface area contributed by atoms with E-state index < -0.39 is 0 Å². The van der Waals surface area contributed by atoms with Gasteiger partial charge in [-0.1, -0.05) is 48.6 Å². The summed E-state index contributed by atoms with van der Waals surface area (Å²) in [7, 11) is 0. The van der Waals surface area contributed by atoms with E-state index in [0.29, 0.717) is 0 Å². The van der Waals surface area contributed by atoms with E-state index in [9.17, 15) is 0 Å². The molecule has 0 saturated carbocycles. The Kier molecular flexibility index (Phi) is 1.66. The standard InChI is InChI=1S/C14H12/c1-2-5-11(6-3-1)14-10-9-12-7-4-8-13(12)14/h1-3,5-7,9-10H,4,8H2. The molecule has 14 heavy (non-hydrogen) atoms. The SMILES string of the molecule is C1=CC(c2ccccc2)=C2CCC=C12. The summed E-state index contributed by atoms with van der Waals surface area (Å²) in [5, 5.41) is 0. The Bertz CT molecular complexity index is 444. The summed E-state index contributed by atoms with van der Waals surface area (Å²) in [6.45, 7) is 0. The van der Waals surface area contributed by atoms with Crippen molar-refractivity contribution in [3.05, 3.63) is 65.3 Å². The van der Waals surface area contributed by atoms with Crippen LogP contribution in [-0.2, 0) is 0 Å². The van der Waals surface area contributed by atoms with Gasteiger partial charge in [-0.3, -0.25) is 0 Å². The predicted octanol–water partition coefficient (Wildman–Crippen LogP) is 3.73. The lowest BCUT2D eigenvalue weighted by molar-refractivity contribution is 1.07. The molecule has 0 amide bonds. The van der Waals surface area contributed by atoms with Crippen LogP contribution in [0.1, 0.15) is 18.4 Å². The first-order chi connectivity index (χ1) is 6.95. The number of allylic oxidation sites excluding steroid dienone is 6. The number of hydrogen-bond acceptors (Lipinski definition) is 0. The summed E-state index contributed by atoms with van der Waals surface area (Å²) in [5.41, 5.74) is 5.76. The molecule has 2 aliphatic carbocycles. The van der Waals surface area contributed by atoms with Crippen LogP contribution in [0.3, 0.4) is 0 Å². The smallest absolute Gasteiger partial charge is 0.0146 e. The van der Waals surface area contributed by atoms with Crippen molar-refractivity contribution in [2.24, 2.45) is 0 Å². The van der Waals surface area contributed by atoms with E-state index in [4.69, 9.17) is 0 Å². The molecule has 0 atom stereocenters. The molecule has 0 radical (unpaired) electrons. The zero-order valence-corrected chi connectivity index (χ0v) is 8.03. The molecule has 0 fully saturated rings. The quantitative estimate of drug-likeness (QED) is 0.617. The van der Waals surface area contributed by atoms with Crippen LogP contribution in [0.5, 0.6) is 0 Å². The van der Waals surface area contributed by atoms with Crippen LogP contribution < -0.4 is 0 Å². The third kappa shape index (κ3) is 1.07. The fourth-order valence-electron chi connectivity index (χ4n) is 2.26. The Hall–Kier alpha value is -1.56. The van der Waals surface area contributed by atoms with E-state index in [1.807, 2.05) is 0 Å². The highest BCUT2D eigenvalue weighted by Gasteiger charge is 2.18. The van der Waals surface area contributed by atoms with Gasteiger partial charge in [-0.2, -0.15) is 0 Å². The minimum Gasteiger partial charge on any atom is -0.0766 e. The van der Waals surface area contributed by atoms with Gasteiger partial charge >= 0.3 is 0 Å². The van der Waals surface area contributed by atoms with Crippen LogP contribution >= 0.6 is 0 Å². The Morgan fingerprint density at radius 3 is 2.64 bits per heavy atom. The van der Waals surface area contributed by atoms with Gasteiger partial charge in [0.2, 0.25) is 0 Å². The van der Waals surface area contributed by atoms with E-state index in [2.05, 4.69) is 48.6 Å². The van der Waals surface area contributed by atoms with Gasteiger partial charge in [0, 0.05) is 0 Å². The lowest BCUT2D eigenvalue weighted by atomic mass is 10.0. The van der Waals surface area contributed by atoms with Gasteiger partial charge in [-0.15, -0.1) is 0 Å². The van der Waals surface area contributed by atoms with Crippen molar-refractivity contribution >= 4 is 5.57 Å². The minimum absolute atomic E-state index is 1.21. The Morgan fingerprint density at radius 2 is 1.79 bits per heavy atom. The van der Waals surface area contributed by atoms with Crippen LogP contribution in [0, 0.1) is 0 Å². The van der Waals surface area contributed by atoms with E-state index in [1.54, 1.807) is 0 Å². The van der Waals surface area contributed by atoms with E-state index >= 15 is 0 Å². The largest absolute Gasteiger partial charge is 0.0766 e. The van der Waals surface area contributed by atoms with Gasteiger partial charge in [0.15, 0.2) is 0 Å². The van der Waals surface area contributed by atoms with Crippen LogP contribution in [0.2, 0.25) is 0 Å². The van der Waals surface area contributed by atoms with Gasteiger partial charge in [0.05, 0.1) is 0 Å². The molecule has 0 bridgehead atoms. The molecule has 0 N–H and O–H groups in total. The van der Waals surface area contributed by atoms with Crippen molar-refractivity contribution < 1.29 is 0 Å². The Balaban J connectivity index is 2.13.